The van der Waals surface area contributed by atoms with E-state index < -0.39 is 17.3 Å². The van der Waals surface area contributed by atoms with Crippen molar-refractivity contribution >= 4 is 11.8 Å². The number of rotatable bonds is 3. The number of aromatic nitrogens is 1. The molecule has 1 saturated heterocycles. The van der Waals surface area contributed by atoms with E-state index in [2.05, 4.69) is 4.98 Å². The third-order valence-electron chi connectivity index (χ3n) is 3.59. The summed E-state index contributed by atoms with van der Waals surface area (Å²) in [7, 11) is 0. The third-order valence-corrected chi connectivity index (χ3v) is 3.59. The summed E-state index contributed by atoms with van der Waals surface area (Å²) in [6.07, 6.45) is -3.94. The maximum absolute atomic E-state index is 12.7. The minimum absolute atomic E-state index is 0.234. The molecule has 0 radical (unpaired) electrons. The van der Waals surface area contributed by atoms with Crippen molar-refractivity contribution in [3.8, 4) is 0 Å². The maximum Gasteiger partial charge on any atom is 0.433 e. The van der Waals surface area contributed by atoms with Gasteiger partial charge < -0.3 is 9.64 Å². The van der Waals surface area contributed by atoms with Crippen molar-refractivity contribution in [3.05, 3.63) is 23.9 Å². The van der Waals surface area contributed by atoms with Gasteiger partial charge in [-0.1, -0.05) is 6.07 Å². The first-order valence-electron chi connectivity index (χ1n) is 6.73. The molecule has 7 heteroatoms. The second kappa shape index (κ2) is 5.54. The largest absolute Gasteiger partial charge is 0.466 e. The molecule has 1 atom stereocenters. The number of pyridine rings is 1. The van der Waals surface area contributed by atoms with Crippen LogP contribution in [-0.4, -0.2) is 30.6 Å². The Balaban J connectivity index is 2.17. The van der Waals surface area contributed by atoms with Crippen molar-refractivity contribution in [1.82, 2.24) is 4.98 Å². The summed E-state index contributed by atoms with van der Waals surface area (Å²) in [4.78, 5) is 17.3. The molecular formula is C14H17F3N2O2. The van der Waals surface area contributed by atoms with Crippen LogP contribution in [0.25, 0.3) is 0 Å². The van der Waals surface area contributed by atoms with Crippen molar-refractivity contribution in [1.29, 1.82) is 0 Å². The smallest absolute Gasteiger partial charge is 0.433 e. The lowest BCUT2D eigenvalue weighted by Gasteiger charge is -2.23. The lowest BCUT2D eigenvalue weighted by Crippen LogP contribution is -2.34. The fraction of sp³-hybridized carbons (Fsp3) is 0.571. The zero-order valence-corrected chi connectivity index (χ0v) is 11.9. The molecule has 0 N–H and O–H groups in total. The molecule has 0 bridgehead atoms. The second-order valence-corrected chi connectivity index (χ2v) is 5.33. The Hall–Kier alpha value is -1.79. The van der Waals surface area contributed by atoms with Gasteiger partial charge in [0.2, 0.25) is 0 Å². The van der Waals surface area contributed by atoms with Gasteiger partial charge in [-0.25, -0.2) is 4.98 Å². The molecule has 1 fully saturated rings. The summed E-state index contributed by atoms with van der Waals surface area (Å²) in [5.74, 6) is -0.0858. The van der Waals surface area contributed by atoms with Gasteiger partial charge in [-0.15, -0.1) is 0 Å². The fourth-order valence-electron chi connectivity index (χ4n) is 2.39. The monoisotopic (exact) mass is 302 g/mol. The molecule has 1 aliphatic heterocycles. The van der Waals surface area contributed by atoms with E-state index in [9.17, 15) is 18.0 Å². The Bertz CT molecular complexity index is 533. The number of ether oxygens (including phenoxy) is 1. The van der Waals surface area contributed by atoms with Gasteiger partial charge in [-0.2, -0.15) is 13.2 Å². The zero-order chi connectivity index (χ0) is 15.7. The average molecular weight is 302 g/mol. The van der Waals surface area contributed by atoms with Crippen molar-refractivity contribution in [2.45, 2.75) is 26.4 Å². The predicted octanol–water partition coefficient (Wildman–Crippen LogP) is 2.88. The van der Waals surface area contributed by atoms with Crippen LogP contribution in [0.2, 0.25) is 0 Å². The third kappa shape index (κ3) is 3.28. The van der Waals surface area contributed by atoms with E-state index >= 15 is 0 Å². The summed E-state index contributed by atoms with van der Waals surface area (Å²) in [6, 6.07) is 3.78. The highest BCUT2D eigenvalue weighted by molar-refractivity contribution is 5.78. The number of hydrogen-bond donors (Lipinski definition) is 0. The van der Waals surface area contributed by atoms with Gasteiger partial charge in [0.25, 0.3) is 0 Å². The number of nitrogens with zero attached hydrogens (tertiary/aromatic N) is 2. The van der Waals surface area contributed by atoms with Gasteiger partial charge in [-0.3, -0.25) is 4.79 Å². The molecule has 1 aromatic heterocycles. The van der Waals surface area contributed by atoms with Gasteiger partial charge in [-0.05, 0) is 32.4 Å². The molecule has 0 spiro atoms. The molecule has 21 heavy (non-hydrogen) atoms. The van der Waals surface area contributed by atoms with Crippen LogP contribution in [0.3, 0.4) is 0 Å². The number of carbonyl (C=O) groups is 1. The van der Waals surface area contributed by atoms with Crippen molar-refractivity contribution in [3.63, 3.8) is 0 Å². The normalized spacial score (nSPS) is 22.4. The Morgan fingerprint density at radius 2 is 2.19 bits per heavy atom. The standard InChI is InChI=1S/C14H17F3N2O2/c1-3-21-12(20)13(2)7-8-19(9-13)11-6-4-5-10(18-11)14(15,16)17/h4-6H,3,7-9H2,1-2H3. The Labute approximate surface area is 120 Å². The highest BCUT2D eigenvalue weighted by Crippen LogP contribution is 2.35. The van der Waals surface area contributed by atoms with E-state index in [1.165, 1.54) is 12.1 Å². The van der Waals surface area contributed by atoms with E-state index in [1.807, 2.05) is 0 Å². The molecule has 116 valence electrons. The first kappa shape index (κ1) is 15.6. The van der Waals surface area contributed by atoms with Crippen LogP contribution in [-0.2, 0) is 15.7 Å². The molecule has 2 rings (SSSR count). The van der Waals surface area contributed by atoms with E-state index in [1.54, 1.807) is 18.7 Å². The van der Waals surface area contributed by atoms with E-state index in [0.717, 1.165) is 6.07 Å². The first-order valence-corrected chi connectivity index (χ1v) is 6.73. The van der Waals surface area contributed by atoms with E-state index in [-0.39, 0.29) is 18.4 Å². The molecule has 1 unspecified atom stereocenters. The highest BCUT2D eigenvalue weighted by atomic mass is 19.4. The Morgan fingerprint density at radius 1 is 1.48 bits per heavy atom. The molecule has 1 aliphatic rings. The predicted molar refractivity (Wildman–Crippen MR) is 70.8 cm³/mol. The van der Waals surface area contributed by atoms with E-state index in [4.69, 9.17) is 4.74 Å². The molecule has 0 saturated carbocycles. The minimum Gasteiger partial charge on any atom is -0.466 e. The van der Waals surface area contributed by atoms with Gasteiger partial charge in [0.05, 0.1) is 12.0 Å². The molecule has 0 amide bonds. The molecule has 2 heterocycles. The number of anilines is 1. The van der Waals surface area contributed by atoms with Crippen LogP contribution >= 0.6 is 0 Å². The SMILES string of the molecule is CCOC(=O)C1(C)CCN(c2cccc(C(F)(F)F)n2)C1. The van der Waals surface area contributed by atoms with Crippen molar-refractivity contribution < 1.29 is 22.7 Å². The number of halogens is 3. The minimum atomic E-state index is -4.47. The number of carbonyl (C=O) groups excluding carboxylic acids is 1. The Morgan fingerprint density at radius 3 is 2.81 bits per heavy atom. The summed E-state index contributed by atoms with van der Waals surface area (Å²) < 4.78 is 43.1. The highest BCUT2D eigenvalue weighted by Gasteiger charge is 2.42. The van der Waals surface area contributed by atoms with Gasteiger partial charge >= 0.3 is 12.1 Å². The molecule has 0 aliphatic carbocycles. The first-order chi connectivity index (χ1) is 9.76. The number of hydrogen-bond acceptors (Lipinski definition) is 4. The fourth-order valence-corrected chi connectivity index (χ4v) is 2.39. The summed E-state index contributed by atoms with van der Waals surface area (Å²) >= 11 is 0. The number of alkyl halides is 3. The maximum atomic E-state index is 12.7. The molecule has 4 nitrogen and oxygen atoms in total. The molecular weight excluding hydrogens is 285 g/mol. The van der Waals surface area contributed by atoms with Crippen LogP contribution in [0, 0.1) is 5.41 Å². The quantitative estimate of drug-likeness (QED) is 0.805. The van der Waals surface area contributed by atoms with Crippen LogP contribution in [0.5, 0.6) is 0 Å². The second-order valence-electron chi connectivity index (χ2n) is 5.33. The van der Waals surface area contributed by atoms with Crippen molar-refractivity contribution in [2.24, 2.45) is 5.41 Å². The van der Waals surface area contributed by atoms with Crippen LogP contribution in [0.4, 0.5) is 19.0 Å². The van der Waals surface area contributed by atoms with Crippen LogP contribution in [0.15, 0.2) is 18.2 Å². The van der Waals surface area contributed by atoms with Gasteiger partial charge in [0.15, 0.2) is 0 Å². The molecule has 1 aromatic rings. The van der Waals surface area contributed by atoms with E-state index in [0.29, 0.717) is 19.5 Å². The average Bonchev–Trinajstić information content (AvgIpc) is 2.82. The lowest BCUT2D eigenvalue weighted by atomic mass is 9.90. The van der Waals surface area contributed by atoms with Crippen molar-refractivity contribution in [2.75, 3.05) is 24.6 Å². The van der Waals surface area contributed by atoms with Gasteiger partial charge in [0, 0.05) is 13.1 Å². The summed E-state index contributed by atoms with van der Waals surface area (Å²) in [5, 5.41) is 0. The summed E-state index contributed by atoms with van der Waals surface area (Å²) in [5.41, 5.74) is -1.63. The number of esters is 1. The lowest BCUT2D eigenvalue weighted by molar-refractivity contribution is -0.153. The summed E-state index contributed by atoms with van der Waals surface area (Å²) in [6.45, 7) is 4.56. The zero-order valence-electron chi connectivity index (χ0n) is 11.9. The Kier molecular flexibility index (Phi) is 4.11. The van der Waals surface area contributed by atoms with Gasteiger partial charge in [0.1, 0.15) is 11.5 Å². The van der Waals surface area contributed by atoms with Crippen LogP contribution < -0.4 is 4.90 Å². The van der Waals surface area contributed by atoms with Crippen LogP contribution in [0.1, 0.15) is 26.0 Å². The molecule has 0 aromatic carbocycles. The topological polar surface area (TPSA) is 42.4 Å².